The van der Waals surface area contributed by atoms with Crippen LogP contribution >= 0.6 is 0 Å². The van der Waals surface area contributed by atoms with Crippen LogP contribution in [-0.4, -0.2) is 43.9 Å². The first kappa shape index (κ1) is 16.4. The number of hydrogen-bond acceptors (Lipinski definition) is 4. The number of carbonyl (C=O) groups excluding carboxylic acids is 1. The summed E-state index contributed by atoms with van der Waals surface area (Å²) in [6.45, 7) is 3.62. The number of rotatable bonds is 4. The van der Waals surface area contributed by atoms with Gasteiger partial charge in [-0.2, -0.15) is 0 Å². The van der Waals surface area contributed by atoms with Crippen LogP contribution in [0.3, 0.4) is 0 Å². The van der Waals surface area contributed by atoms with Crippen LogP contribution in [-0.2, 0) is 11.3 Å². The Morgan fingerprint density at radius 2 is 1.96 bits per heavy atom. The van der Waals surface area contributed by atoms with Crippen molar-refractivity contribution in [3.8, 4) is 22.8 Å². The molecule has 1 unspecified atom stereocenters. The zero-order chi connectivity index (χ0) is 18.1. The molecule has 1 aromatic carbocycles. The third kappa shape index (κ3) is 3.22. The maximum Gasteiger partial charge on any atom is 0.222 e. The molecule has 0 radical (unpaired) electrons. The van der Waals surface area contributed by atoms with E-state index < -0.39 is 0 Å². The van der Waals surface area contributed by atoms with Gasteiger partial charge in [0.1, 0.15) is 5.82 Å². The number of likely N-dealkylation sites (tertiary alicyclic amines) is 1. The Morgan fingerprint density at radius 1 is 1.15 bits per heavy atom. The lowest BCUT2D eigenvalue weighted by Crippen LogP contribution is -2.20. The van der Waals surface area contributed by atoms with E-state index in [1.54, 1.807) is 11.1 Å². The Labute approximate surface area is 152 Å². The Morgan fingerprint density at radius 3 is 2.65 bits per heavy atom. The van der Waals surface area contributed by atoms with Gasteiger partial charge in [-0.15, -0.1) is 0 Å². The van der Waals surface area contributed by atoms with E-state index in [1.165, 1.54) is 5.56 Å². The lowest BCUT2D eigenvalue weighted by Gasteiger charge is -2.13. The highest BCUT2D eigenvalue weighted by Crippen LogP contribution is 2.23. The van der Waals surface area contributed by atoms with Crippen LogP contribution in [0.2, 0.25) is 0 Å². The fourth-order valence-electron chi connectivity index (χ4n) is 3.45. The van der Waals surface area contributed by atoms with Crippen molar-refractivity contribution in [3.05, 3.63) is 54.6 Å². The molecule has 6 nitrogen and oxygen atoms in total. The summed E-state index contributed by atoms with van der Waals surface area (Å²) in [6.07, 6.45) is 7.96. The van der Waals surface area contributed by atoms with Gasteiger partial charge in [0, 0.05) is 62.8 Å². The van der Waals surface area contributed by atoms with Gasteiger partial charge in [-0.1, -0.05) is 23.8 Å². The normalized spacial score (nSPS) is 17.1. The predicted octanol–water partition coefficient (Wildman–Crippen LogP) is 2.79. The lowest BCUT2D eigenvalue weighted by molar-refractivity contribution is -0.126. The summed E-state index contributed by atoms with van der Waals surface area (Å²) in [6, 6.07) is 8.15. The van der Waals surface area contributed by atoms with Crippen LogP contribution < -0.4 is 0 Å². The van der Waals surface area contributed by atoms with Gasteiger partial charge >= 0.3 is 0 Å². The van der Waals surface area contributed by atoms with E-state index in [9.17, 15) is 4.79 Å². The van der Waals surface area contributed by atoms with E-state index in [2.05, 4.69) is 38.6 Å². The van der Waals surface area contributed by atoms with E-state index in [1.807, 2.05) is 37.8 Å². The van der Waals surface area contributed by atoms with E-state index in [4.69, 9.17) is 0 Å². The summed E-state index contributed by atoms with van der Waals surface area (Å²) < 4.78 is 2.09. The minimum Gasteiger partial charge on any atom is -0.345 e. The smallest absolute Gasteiger partial charge is 0.222 e. The second kappa shape index (κ2) is 6.71. The molecule has 1 saturated heterocycles. The van der Waals surface area contributed by atoms with Crippen LogP contribution in [0.25, 0.3) is 22.8 Å². The molecule has 1 atom stereocenters. The second-order valence-electron chi connectivity index (χ2n) is 6.91. The number of carbonyl (C=O) groups is 1. The Balaban J connectivity index is 1.55. The lowest BCUT2D eigenvalue weighted by atomic mass is 10.1. The molecule has 0 saturated carbocycles. The molecule has 1 aliphatic heterocycles. The molecule has 0 spiro atoms. The van der Waals surface area contributed by atoms with Crippen molar-refractivity contribution < 1.29 is 4.79 Å². The van der Waals surface area contributed by atoms with E-state index in [-0.39, 0.29) is 5.91 Å². The standard InChI is InChI=1S/C20H21N5O/c1-14-4-3-5-16(8-14)19-22-10-17(11-23-19)20-21-6-7-25(20)13-15-9-18(26)24(2)12-15/h3-8,10-11,15H,9,12-13H2,1-2H3. The highest BCUT2D eigenvalue weighted by molar-refractivity contribution is 5.78. The maximum atomic E-state index is 11.7. The number of imidazole rings is 1. The molecule has 4 rings (SSSR count). The Kier molecular flexibility index (Phi) is 4.24. The summed E-state index contributed by atoms with van der Waals surface area (Å²) in [4.78, 5) is 27.0. The van der Waals surface area contributed by atoms with Crippen molar-refractivity contribution in [2.45, 2.75) is 19.9 Å². The largest absolute Gasteiger partial charge is 0.345 e. The summed E-state index contributed by atoms with van der Waals surface area (Å²) in [5.41, 5.74) is 3.07. The minimum atomic E-state index is 0.211. The quantitative estimate of drug-likeness (QED) is 0.728. The van der Waals surface area contributed by atoms with E-state index >= 15 is 0 Å². The summed E-state index contributed by atoms with van der Waals surface area (Å²) >= 11 is 0. The average Bonchev–Trinajstić information content (AvgIpc) is 3.22. The van der Waals surface area contributed by atoms with Gasteiger partial charge in [-0.25, -0.2) is 15.0 Å². The van der Waals surface area contributed by atoms with Crippen molar-refractivity contribution >= 4 is 5.91 Å². The first-order valence-corrected chi connectivity index (χ1v) is 8.74. The van der Waals surface area contributed by atoms with E-state index in [0.29, 0.717) is 18.2 Å². The van der Waals surface area contributed by atoms with Crippen LogP contribution in [0.4, 0.5) is 0 Å². The third-order valence-corrected chi connectivity index (χ3v) is 4.78. The topological polar surface area (TPSA) is 63.9 Å². The zero-order valence-electron chi connectivity index (χ0n) is 15.0. The van der Waals surface area contributed by atoms with E-state index in [0.717, 1.165) is 30.0 Å². The molecule has 132 valence electrons. The van der Waals surface area contributed by atoms with Crippen LogP contribution in [0.15, 0.2) is 49.1 Å². The predicted molar refractivity (Wildman–Crippen MR) is 99.2 cm³/mol. The molecule has 0 bridgehead atoms. The molecule has 1 fully saturated rings. The number of nitrogens with zero attached hydrogens (tertiary/aromatic N) is 5. The van der Waals surface area contributed by atoms with Crippen molar-refractivity contribution in [1.82, 2.24) is 24.4 Å². The molecular weight excluding hydrogens is 326 g/mol. The SMILES string of the molecule is Cc1cccc(-c2ncc(-c3nccn3CC3CC(=O)N(C)C3)cn2)c1. The second-order valence-corrected chi connectivity index (χ2v) is 6.91. The van der Waals surface area contributed by atoms with Crippen LogP contribution in [0.1, 0.15) is 12.0 Å². The first-order valence-electron chi connectivity index (χ1n) is 8.74. The summed E-state index contributed by atoms with van der Waals surface area (Å²) in [5.74, 6) is 2.07. The monoisotopic (exact) mass is 347 g/mol. The van der Waals surface area contributed by atoms with Gasteiger partial charge in [0.05, 0.1) is 5.56 Å². The third-order valence-electron chi connectivity index (χ3n) is 4.78. The molecule has 0 aliphatic carbocycles. The molecule has 3 aromatic rings. The highest BCUT2D eigenvalue weighted by atomic mass is 16.2. The summed E-state index contributed by atoms with van der Waals surface area (Å²) in [7, 11) is 1.86. The molecule has 3 heterocycles. The first-order chi connectivity index (χ1) is 12.6. The number of hydrogen-bond donors (Lipinski definition) is 0. The Hall–Kier alpha value is -3.02. The molecule has 6 heteroatoms. The molecule has 0 N–H and O–H groups in total. The van der Waals surface area contributed by atoms with Crippen molar-refractivity contribution in [1.29, 1.82) is 0 Å². The number of aromatic nitrogens is 4. The fraction of sp³-hybridized carbons (Fsp3) is 0.300. The van der Waals surface area contributed by atoms with Gasteiger partial charge in [0.2, 0.25) is 5.91 Å². The van der Waals surface area contributed by atoms with Crippen molar-refractivity contribution in [2.75, 3.05) is 13.6 Å². The molecular formula is C20H21N5O. The molecule has 1 aliphatic rings. The van der Waals surface area contributed by atoms with Crippen molar-refractivity contribution in [3.63, 3.8) is 0 Å². The number of amides is 1. The zero-order valence-corrected chi connectivity index (χ0v) is 15.0. The van der Waals surface area contributed by atoms with Gasteiger partial charge in [-0.3, -0.25) is 4.79 Å². The highest BCUT2D eigenvalue weighted by Gasteiger charge is 2.27. The Bertz CT molecular complexity index is 931. The maximum absolute atomic E-state index is 11.7. The van der Waals surface area contributed by atoms with Crippen LogP contribution in [0, 0.1) is 12.8 Å². The van der Waals surface area contributed by atoms with Crippen LogP contribution in [0.5, 0.6) is 0 Å². The fourth-order valence-corrected chi connectivity index (χ4v) is 3.45. The summed E-state index contributed by atoms with van der Waals surface area (Å²) in [5, 5.41) is 0. The molecule has 1 amide bonds. The van der Waals surface area contributed by atoms with Gasteiger partial charge < -0.3 is 9.47 Å². The minimum absolute atomic E-state index is 0.211. The van der Waals surface area contributed by atoms with Gasteiger partial charge in [0.15, 0.2) is 5.82 Å². The number of benzene rings is 1. The average molecular weight is 347 g/mol. The van der Waals surface area contributed by atoms with Gasteiger partial charge in [-0.05, 0) is 13.0 Å². The number of aryl methyl sites for hydroxylation is 1. The van der Waals surface area contributed by atoms with Gasteiger partial charge in [0.25, 0.3) is 0 Å². The molecule has 2 aromatic heterocycles. The van der Waals surface area contributed by atoms with Crippen molar-refractivity contribution in [2.24, 2.45) is 5.92 Å². The molecule has 26 heavy (non-hydrogen) atoms.